The maximum Gasteiger partial charge on any atom is 0.416 e. The van der Waals surface area contributed by atoms with Gasteiger partial charge in [0.15, 0.2) is 0 Å². The van der Waals surface area contributed by atoms with E-state index < -0.39 is 17.7 Å². The van der Waals surface area contributed by atoms with Crippen LogP contribution in [0.2, 0.25) is 0 Å². The van der Waals surface area contributed by atoms with Crippen LogP contribution in [-0.4, -0.2) is 37.9 Å². The van der Waals surface area contributed by atoms with Crippen molar-refractivity contribution >= 4 is 18.0 Å². The molecule has 0 heterocycles. The van der Waals surface area contributed by atoms with Crippen molar-refractivity contribution in [2.24, 2.45) is 4.99 Å². The molecule has 0 saturated carbocycles. The number of ether oxygens (including phenoxy) is 2. The van der Waals surface area contributed by atoms with Crippen LogP contribution >= 0.6 is 0 Å². The van der Waals surface area contributed by atoms with Gasteiger partial charge in [0, 0.05) is 13.6 Å². The van der Waals surface area contributed by atoms with Crippen LogP contribution in [0.3, 0.4) is 0 Å². The number of hydrogen-bond acceptors (Lipinski definition) is 4. The van der Waals surface area contributed by atoms with E-state index in [1.54, 1.807) is 19.3 Å². The third kappa shape index (κ3) is 5.97. The third-order valence-electron chi connectivity index (χ3n) is 4.26. The fraction of sp³-hybridized carbons (Fsp3) is 0.333. The summed E-state index contributed by atoms with van der Waals surface area (Å²) in [5.74, 6) is -0.262. The Morgan fingerprint density at radius 2 is 1.97 bits per heavy atom. The predicted octanol–water partition coefficient (Wildman–Crippen LogP) is 4.99. The largest absolute Gasteiger partial charge is 0.494 e. The molecule has 8 heteroatoms. The molecule has 0 aromatic heterocycles. The van der Waals surface area contributed by atoms with E-state index in [1.807, 2.05) is 18.9 Å². The van der Waals surface area contributed by atoms with Gasteiger partial charge in [-0.15, -0.1) is 0 Å². The molecule has 0 spiro atoms. The lowest BCUT2D eigenvalue weighted by atomic mass is 10.1. The Bertz CT molecular complexity index is 895. The van der Waals surface area contributed by atoms with Crippen LogP contribution in [0.1, 0.15) is 34.0 Å². The van der Waals surface area contributed by atoms with E-state index >= 15 is 0 Å². The second-order valence-electron chi connectivity index (χ2n) is 6.43. The molecular formula is C21H23F3N2O3. The van der Waals surface area contributed by atoms with Crippen molar-refractivity contribution in [3.8, 4) is 5.75 Å². The van der Waals surface area contributed by atoms with Crippen molar-refractivity contribution in [1.82, 2.24) is 4.90 Å². The highest BCUT2D eigenvalue weighted by Gasteiger charge is 2.30. The molecule has 0 saturated heterocycles. The molecule has 0 aliphatic carbocycles. The van der Waals surface area contributed by atoms with Gasteiger partial charge in [-0.25, -0.2) is 9.79 Å². The molecule has 0 radical (unpaired) electrons. The highest BCUT2D eigenvalue weighted by atomic mass is 19.4. The molecule has 0 N–H and O–H groups in total. The zero-order chi connectivity index (χ0) is 21.6. The molecule has 0 bridgehead atoms. The third-order valence-corrected chi connectivity index (χ3v) is 4.26. The molecule has 2 aromatic carbocycles. The van der Waals surface area contributed by atoms with E-state index in [0.717, 1.165) is 18.7 Å². The van der Waals surface area contributed by atoms with Gasteiger partial charge in [0.1, 0.15) is 18.0 Å². The van der Waals surface area contributed by atoms with Gasteiger partial charge in [0.2, 0.25) is 0 Å². The molecular weight excluding hydrogens is 385 g/mol. The summed E-state index contributed by atoms with van der Waals surface area (Å²) in [6.45, 7) is 4.22. The summed E-state index contributed by atoms with van der Waals surface area (Å²) in [5.41, 5.74) is 0.896. The highest BCUT2D eigenvalue weighted by Crippen LogP contribution is 2.32. The summed E-state index contributed by atoms with van der Waals surface area (Å²) in [7, 11) is 3.34. The molecule has 2 aromatic rings. The van der Waals surface area contributed by atoms with Crippen LogP contribution < -0.4 is 4.74 Å². The normalized spacial score (nSPS) is 11.6. The van der Waals surface area contributed by atoms with Gasteiger partial charge in [0.05, 0.1) is 24.6 Å². The van der Waals surface area contributed by atoms with Crippen LogP contribution in [0, 0.1) is 6.92 Å². The van der Waals surface area contributed by atoms with E-state index in [4.69, 9.17) is 9.47 Å². The molecule has 5 nitrogen and oxygen atoms in total. The van der Waals surface area contributed by atoms with E-state index in [-0.39, 0.29) is 17.7 Å². The fourth-order valence-electron chi connectivity index (χ4n) is 2.46. The Labute approximate surface area is 167 Å². The number of rotatable bonds is 7. The molecule has 2 rings (SSSR count). The predicted molar refractivity (Wildman–Crippen MR) is 105 cm³/mol. The number of hydrogen-bond donors (Lipinski definition) is 0. The van der Waals surface area contributed by atoms with Crippen molar-refractivity contribution in [3.63, 3.8) is 0 Å². The molecule has 0 aliphatic heterocycles. The number of aliphatic imine (C=N–C) groups is 1. The van der Waals surface area contributed by atoms with Crippen LogP contribution in [-0.2, 0) is 17.5 Å². The SMILES string of the molecule is CCN(C)C=Nc1cc(C)c(C(=O)OCc2cccc(C(F)(F)F)c2)cc1OC. The summed E-state index contributed by atoms with van der Waals surface area (Å²) >= 11 is 0. The summed E-state index contributed by atoms with van der Waals surface area (Å²) in [4.78, 5) is 18.7. The molecule has 156 valence electrons. The average Bonchev–Trinajstić information content (AvgIpc) is 2.69. The van der Waals surface area contributed by atoms with E-state index in [2.05, 4.69) is 4.99 Å². The first-order valence-corrected chi connectivity index (χ1v) is 8.92. The topological polar surface area (TPSA) is 51.1 Å². The average molecular weight is 408 g/mol. The monoisotopic (exact) mass is 408 g/mol. The van der Waals surface area contributed by atoms with Crippen molar-refractivity contribution in [2.45, 2.75) is 26.6 Å². The van der Waals surface area contributed by atoms with Crippen LogP contribution in [0.4, 0.5) is 18.9 Å². The lowest BCUT2D eigenvalue weighted by molar-refractivity contribution is -0.137. The lowest BCUT2D eigenvalue weighted by Gasteiger charge is -2.13. The fourth-order valence-corrected chi connectivity index (χ4v) is 2.46. The Morgan fingerprint density at radius 1 is 1.24 bits per heavy atom. The summed E-state index contributed by atoms with van der Waals surface area (Å²) < 4.78 is 48.9. The first-order chi connectivity index (χ1) is 13.7. The molecule has 0 amide bonds. The molecule has 0 aliphatic rings. The minimum absolute atomic E-state index is 0.251. The van der Waals surface area contributed by atoms with Gasteiger partial charge in [-0.05, 0) is 49.2 Å². The second kappa shape index (κ2) is 9.45. The maximum absolute atomic E-state index is 12.8. The number of methoxy groups -OCH3 is 1. The second-order valence-corrected chi connectivity index (χ2v) is 6.43. The van der Waals surface area contributed by atoms with E-state index in [0.29, 0.717) is 17.0 Å². The van der Waals surface area contributed by atoms with Crippen LogP contribution in [0.25, 0.3) is 0 Å². The zero-order valence-electron chi connectivity index (χ0n) is 16.7. The molecule has 0 atom stereocenters. The standard InChI is InChI=1S/C21H23F3N2O3/c1-5-26(3)13-25-18-9-14(2)17(11-19(18)28-4)20(27)29-12-15-7-6-8-16(10-15)21(22,23)24/h6-11,13H,5,12H2,1-4H3. The minimum Gasteiger partial charge on any atom is -0.494 e. The number of esters is 1. The minimum atomic E-state index is -4.45. The summed E-state index contributed by atoms with van der Waals surface area (Å²) in [5, 5.41) is 0. The Balaban J connectivity index is 2.18. The Kier molecular flexibility index (Phi) is 7.25. The number of carbonyl (C=O) groups is 1. The zero-order valence-corrected chi connectivity index (χ0v) is 16.7. The number of halogens is 3. The highest BCUT2D eigenvalue weighted by molar-refractivity contribution is 5.92. The van der Waals surface area contributed by atoms with Gasteiger partial charge in [-0.2, -0.15) is 13.2 Å². The molecule has 0 unspecified atom stereocenters. The summed E-state index contributed by atoms with van der Waals surface area (Å²) in [6.07, 6.45) is -2.80. The van der Waals surface area contributed by atoms with E-state index in [1.165, 1.54) is 25.3 Å². The number of nitrogens with zero attached hydrogens (tertiary/aromatic N) is 2. The van der Waals surface area contributed by atoms with Crippen molar-refractivity contribution in [3.05, 3.63) is 58.7 Å². The van der Waals surface area contributed by atoms with Gasteiger partial charge in [-0.1, -0.05) is 12.1 Å². The number of alkyl halides is 3. The molecule has 0 fully saturated rings. The quantitative estimate of drug-likeness (QED) is 0.368. The van der Waals surface area contributed by atoms with Crippen LogP contribution in [0.5, 0.6) is 5.75 Å². The maximum atomic E-state index is 12.8. The van der Waals surface area contributed by atoms with Crippen molar-refractivity contribution < 1.29 is 27.4 Å². The van der Waals surface area contributed by atoms with Gasteiger partial charge >= 0.3 is 12.1 Å². The smallest absolute Gasteiger partial charge is 0.416 e. The summed E-state index contributed by atoms with van der Waals surface area (Å²) in [6, 6.07) is 7.89. The van der Waals surface area contributed by atoms with E-state index in [9.17, 15) is 18.0 Å². The van der Waals surface area contributed by atoms with Crippen molar-refractivity contribution in [2.75, 3.05) is 20.7 Å². The first kappa shape index (κ1) is 22.3. The Morgan fingerprint density at radius 3 is 2.59 bits per heavy atom. The Hall–Kier alpha value is -3.03. The van der Waals surface area contributed by atoms with Crippen molar-refractivity contribution in [1.29, 1.82) is 0 Å². The van der Waals surface area contributed by atoms with Gasteiger partial charge in [-0.3, -0.25) is 0 Å². The number of aryl methyl sites for hydroxylation is 1. The first-order valence-electron chi connectivity index (χ1n) is 8.92. The lowest BCUT2D eigenvalue weighted by Crippen LogP contribution is -2.14. The van der Waals surface area contributed by atoms with Gasteiger partial charge < -0.3 is 14.4 Å². The number of benzene rings is 2. The molecule has 29 heavy (non-hydrogen) atoms. The number of carbonyl (C=O) groups excluding carboxylic acids is 1. The van der Waals surface area contributed by atoms with Gasteiger partial charge in [0.25, 0.3) is 0 Å². The van der Waals surface area contributed by atoms with Crippen LogP contribution in [0.15, 0.2) is 41.4 Å².